The Kier molecular flexibility index (Phi) is 5.85. The zero-order valence-electron chi connectivity index (χ0n) is 16.6. The summed E-state index contributed by atoms with van der Waals surface area (Å²) in [6.45, 7) is 2.07. The molecule has 4 rings (SSSR count). The molecule has 1 aliphatic rings. The van der Waals surface area contributed by atoms with Gasteiger partial charge in [-0.05, 0) is 49.1 Å². The maximum Gasteiger partial charge on any atom is 0.321 e. The molecule has 0 aliphatic heterocycles. The molecule has 0 spiro atoms. The molecule has 3 amide bonds. The van der Waals surface area contributed by atoms with E-state index in [-0.39, 0.29) is 17.4 Å². The minimum Gasteiger partial charge on any atom is -0.335 e. The van der Waals surface area contributed by atoms with Crippen LogP contribution in [0.15, 0.2) is 58.5 Å². The van der Waals surface area contributed by atoms with Gasteiger partial charge in [0.1, 0.15) is 0 Å². The van der Waals surface area contributed by atoms with Crippen LogP contribution >= 0.6 is 11.8 Å². The number of aromatic nitrogens is 2. The van der Waals surface area contributed by atoms with Crippen molar-refractivity contribution in [1.82, 2.24) is 20.2 Å². The molecule has 30 heavy (non-hydrogen) atoms. The second-order valence-corrected chi connectivity index (χ2v) is 8.10. The van der Waals surface area contributed by atoms with Crippen LogP contribution in [0.5, 0.6) is 0 Å². The fourth-order valence-electron chi connectivity index (χ4n) is 3.06. The van der Waals surface area contributed by atoms with E-state index in [9.17, 15) is 14.4 Å². The van der Waals surface area contributed by atoms with Gasteiger partial charge < -0.3 is 5.32 Å². The van der Waals surface area contributed by atoms with E-state index in [2.05, 4.69) is 22.5 Å². The third-order valence-corrected chi connectivity index (χ3v) is 5.78. The van der Waals surface area contributed by atoms with Crippen molar-refractivity contribution in [2.75, 3.05) is 5.75 Å². The predicted octanol–water partition coefficient (Wildman–Crippen LogP) is 3.03. The number of nitrogens with zero attached hydrogens (tertiary/aromatic N) is 2. The van der Waals surface area contributed by atoms with Crippen LogP contribution in [-0.2, 0) is 11.2 Å². The van der Waals surface area contributed by atoms with Crippen LogP contribution in [0.25, 0.3) is 16.6 Å². The number of fused-ring (bicyclic) bond motifs is 1. The lowest BCUT2D eigenvalue weighted by Crippen LogP contribution is -2.41. The molecule has 0 bridgehead atoms. The van der Waals surface area contributed by atoms with Crippen LogP contribution in [0.3, 0.4) is 0 Å². The normalized spacial score (nSPS) is 13.2. The quantitative estimate of drug-likeness (QED) is 0.471. The third-order valence-electron chi connectivity index (χ3n) is 4.85. The number of thioether (sulfide) groups is 1. The molecule has 8 heteroatoms. The molecule has 1 saturated carbocycles. The summed E-state index contributed by atoms with van der Waals surface area (Å²) < 4.78 is 1.52. The highest BCUT2D eigenvalue weighted by molar-refractivity contribution is 7.99. The predicted molar refractivity (Wildman–Crippen MR) is 117 cm³/mol. The summed E-state index contributed by atoms with van der Waals surface area (Å²) in [5, 5.41) is 5.95. The molecule has 7 nitrogen and oxygen atoms in total. The SMILES string of the molecule is CCc1ccc(-n2c(SCC(=O)NC(=O)NC3CC3)nc3ccccc3c2=O)cc1. The minimum atomic E-state index is -0.484. The number of amides is 3. The third kappa shape index (κ3) is 4.54. The van der Waals surface area contributed by atoms with Crippen molar-refractivity contribution in [1.29, 1.82) is 0 Å². The van der Waals surface area contributed by atoms with E-state index in [1.54, 1.807) is 18.2 Å². The zero-order chi connectivity index (χ0) is 21.1. The first-order valence-corrected chi connectivity index (χ1v) is 10.9. The Morgan fingerprint density at radius 3 is 2.57 bits per heavy atom. The van der Waals surface area contributed by atoms with E-state index in [0.29, 0.717) is 21.7 Å². The molecule has 3 aromatic rings. The molecule has 1 fully saturated rings. The Bertz CT molecular complexity index is 1150. The summed E-state index contributed by atoms with van der Waals surface area (Å²) in [7, 11) is 0. The largest absolute Gasteiger partial charge is 0.335 e. The second-order valence-electron chi connectivity index (χ2n) is 7.16. The van der Waals surface area contributed by atoms with Gasteiger partial charge in [0.05, 0.1) is 22.3 Å². The van der Waals surface area contributed by atoms with Gasteiger partial charge in [0.25, 0.3) is 5.56 Å². The number of rotatable bonds is 6. The zero-order valence-corrected chi connectivity index (χ0v) is 17.4. The topological polar surface area (TPSA) is 93.1 Å². The Hall–Kier alpha value is -3.13. The summed E-state index contributed by atoms with van der Waals surface area (Å²) in [6.07, 6.45) is 2.79. The molecule has 0 unspecified atom stereocenters. The van der Waals surface area contributed by atoms with Crippen molar-refractivity contribution in [3.8, 4) is 5.69 Å². The number of carbonyl (C=O) groups excluding carboxylic acids is 2. The molecule has 2 aromatic carbocycles. The van der Waals surface area contributed by atoms with Crippen molar-refractivity contribution in [2.45, 2.75) is 37.4 Å². The molecule has 0 atom stereocenters. The Labute approximate surface area is 177 Å². The number of benzene rings is 2. The van der Waals surface area contributed by atoms with Gasteiger partial charge in [0.2, 0.25) is 5.91 Å². The number of hydrogen-bond acceptors (Lipinski definition) is 5. The molecule has 1 aliphatic carbocycles. The van der Waals surface area contributed by atoms with E-state index in [1.165, 1.54) is 4.57 Å². The minimum absolute atomic E-state index is 0.0318. The maximum atomic E-state index is 13.2. The fraction of sp³-hybridized carbons (Fsp3) is 0.273. The number of aryl methyl sites for hydroxylation is 1. The molecule has 154 valence electrons. The summed E-state index contributed by atoms with van der Waals surface area (Å²) in [5.41, 5.74) is 2.22. The highest BCUT2D eigenvalue weighted by Crippen LogP contribution is 2.22. The highest BCUT2D eigenvalue weighted by Gasteiger charge is 2.24. The average Bonchev–Trinajstić information content (AvgIpc) is 3.56. The van der Waals surface area contributed by atoms with Gasteiger partial charge >= 0.3 is 6.03 Å². The van der Waals surface area contributed by atoms with Gasteiger partial charge in [-0.2, -0.15) is 0 Å². The van der Waals surface area contributed by atoms with Crippen LogP contribution in [0.1, 0.15) is 25.3 Å². The van der Waals surface area contributed by atoms with Gasteiger partial charge in [-0.1, -0.05) is 43.0 Å². The van der Waals surface area contributed by atoms with Crippen LogP contribution in [0.4, 0.5) is 4.79 Å². The van der Waals surface area contributed by atoms with E-state index >= 15 is 0 Å². The van der Waals surface area contributed by atoms with Gasteiger partial charge in [-0.15, -0.1) is 0 Å². The van der Waals surface area contributed by atoms with Crippen LogP contribution < -0.4 is 16.2 Å². The summed E-state index contributed by atoms with van der Waals surface area (Å²) in [4.78, 5) is 41.8. The van der Waals surface area contributed by atoms with Crippen molar-refractivity contribution >= 4 is 34.6 Å². The molecule has 0 saturated heterocycles. The Balaban J connectivity index is 1.62. The molecule has 1 heterocycles. The van der Waals surface area contributed by atoms with Gasteiger partial charge in [0, 0.05) is 6.04 Å². The summed E-state index contributed by atoms with van der Waals surface area (Å²) in [5.74, 6) is -0.468. The number of urea groups is 1. The summed E-state index contributed by atoms with van der Waals surface area (Å²) in [6, 6.07) is 14.5. The molecular weight excluding hydrogens is 400 g/mol. The summed E-state index contributed by atoms with van der Waals surface area (Å²) >= 11 is 1.13. The number of carbonyl (C=O) groups is 2. The maximum absolute atomic E-state index is 13.2. The Morgan fingerprint density at radius 1 is 1.13 bits per heavy atom. The molecule has 1 aromatic heterocycles. The monoisotopic (exact) mass is 422 g/mol. The molecule has 0 radical (unpaired) electrons. The number of para-hydroxylation sites is 1. The van der Waals surface area contributed by atoms with Gasteiger partial charge in [-0.3, -0.25) is 19.5 Å². The van der Waals surface area contributed by atoms with Gasteiger partial charge in [0.15, 0.2) is 5.16 Å². The van der Waals surface area contributed by atoms with Gasteiger partial charge in [-0.25, -0.2) is 9.78 Å². The van der Waals surface area contributed by atoms with E-state index in [1.807, 2.05) is 30.3 Å². The average molecular weight is 423 g/mol. The lowest BCUT2D eigenvalue weighted by Gasteiger charge is -2.13. The van der Waals surface area contributed by atoms with E-state index in [4.69, 9.17) is 0 Å². The van der Waals surface area contributed by atoms with Crippen LogP contribution in [0, 0.1) is 0 Å². The van der Waals surface area contributed by atoms with Crippen molar-refractivity contribution in [3.63, 3.8) is 0 Å². The first-order valence-electron chi connectivity index (χ1n) is 9.89. The van der Waals surface area contributed by atoms with Crippen LogP contribution in [0.2, 0.25) is 0 Å². The van der Waals surface area contributed by atoms with Crippen LogP contribution in [-0.4, -0.2) is 33.3 Å². The first kappa shape index (κ1) is 20.2. The van der Waals surface area contributed by atoms with Crippen molar-refractivity contribution < 1.29 is 9.59 Å². The molecule has 2 N–H and O–H groups in total. The fourth-order valence-corrected chi connectivity index (χ4v) is 3.87. The first-order chi connectivity index (χ1) is 14.5. The number of hydrogen-bond donors (Lipinski definition) is 2. The lowest BCUT2D eigenvalue weighted by atomic mass is 10.1. The number of nitrogens with one attached hydrogen (secondary N) is 2. The Morgan fingerprint density at radius 2 is 1.87 bits per heavy atom. The smallest absolute Gasteiger partial charge is 0.321 e. The van der Waals surface area contributed by atoms with Crippen molar-refractivity contribution in [2.24, 2.45) is 0 Å². The van der Waals surface area contributed by atoms with E-state index in [0.717, 1.165) is 36.6 Å². The second kappa shape index (κ2) is 8.71. The van der Waals surface area contributed by atoms with E-state index < -0.39 is 11.9 Å². The van der Waals surface area contributed by atoms with Crippen molar-refractivity contribution in [3.05, 3.63) is 64.4 Å². The highest BCUT2D eigenvalue weighted by atomic mass is 32.2. The lowest BCUT2D eigenvalue weighted by molar-refractivity contribution is -0.117. The molecular formula is C22H22N4O3S. The standard InChI is InChI=1S/C22H22N4O3S/c1-2-14-7-11-16(12-8-14)26-20(28)17-5-3-4-6-18(17)24-22(26)30-13-19(27)25-21(29)23-15-9-10-15/h3-8,11-12,15H,2,9-10,13H2,1H3,(H2,23,25,27,29). The number of imide groups is 1.